The summed E-state index contributed by atoms with van der Waals surface area (Å²) in [7, 11) is 0. The smallest absolute Gasteiger partial charge is 0.277 e. The summed E-state index contributed by atoms with van der Waals surface area (Å²) in [5.74, 6) is 0.611. The van der Waals surface area contributed by atoms with Crippen LogP contribution < -0.4 is 25.8 Å². The highest BCUT2D eigenvalue weighted by Gasteiger charge is 2.15. The number of ether oxygens (including phenoxy) is 2. The third kappa shape index (κ3) is 6.25. The van der Waals surface area contributed by atoms with Crippen LogP contribution in [0.1, 0.15) is 28.5 Å². The van der Waals surface area contributed by atoms with Gasteiger partial charge in [0.25, 0.3) is 5.91 Å². The van der Waals surface area contributed by atoms with E-state index in [1.807, 2.05) is 37.3 Å². The van der Waals surface area contributed by atoms with Crippen molar-refractivity contribution in [3.63, 3.8) is 0 Å². The topological polar surface area (TPSA) is 125 Å². The highest BCUT2D eigenvalue weighted by Crippen LogP contribution is 2.34. The number of benzene rings is 2. The van der Waals surface area contributed by atoms with Crippen molar-refractivity contribution in [2.75, 3.05) is 25.4 Å². The number of aromatic nitrogens is 2. The monoisotopic (exact) mass is 479 g/mol. The van der Waals surface area contributed by atoms with E-state index in [0.29, 0.717) is 54.4 Å². The zero-order chi connectivity index (χ0) is 22.9. The molecule has 9 nitrogen and oxygen atoms in total. The van der Waals surface area contributed by atoms with E-state index in [1.165, 1.54) is 0 Å². The van der Waals surface area contributed by atoms with Gasteiger partial charge in [0, 0.05) is 41.3 Å². The summed E-state index contributed by atoms with van der Waals surface area (Å²) in [6.45, 7) is 3.96. The molecule has 0 saturated heterocycles. The van der Waals surface area contributed by atoms with Crippen LogP contribution >= 0.6 is 23.2 Å². The fourth-order valence-corrected chi connectivity index (χ4v) is 3.20. The summed E-state index contributed by atoms with van der Waals surface area (Å²) in [6.07, 6.45) is 0. The maximum Gasteiger partial charge on any atom is 0.277 e. The Bertz CT molecular complexity index is 1060. The van der Waals surface area contributed by atoms with Gasteiger partial charge in [-0.2, -0.15) is 0 Å². The lowest BCUT2D eigenvalue weighted by molar-refractivity contribution is 0.0944. The summed E-state index contributed by atoms with van der Waals surface area (Å²) >= 11 is 12.6. The van der Waals surface area contributed by atoms with E-state index in [1.54, 1.807) is 6.07 Å². The fourth-order valence-electron chi connectivity index (χ4n) is 2.79. The maximum atomic E-state index is 11.9. The lowest BCUT2D eigenvalue weighted by Gasteiger charge is -2.16. The van der Waals surface area contributed by atoms with Crippen LogP contribution in [0.5, 0.6) is 11.5 Å². The van der Waals surface area contributed by atoms with Gasteiger partial charge in [0.2, 0.25) is 11.5 Å². The molecule has 0 spiro atoms. The van der Waals surface area contributed by atoms with E-state index in [9.17, 15) is 4.79 Å². The molecule has 32 heavy (non-hydrogen) atoms. The predicted octanol–water partition coefficient (Wildman–Crippen LogP) is 3.46. The lowest BCUT2D eigenvalue weighted by atomic mass is 10.2. The second-order valence-electron chi connectivity index (χ2n) is 6.63. The highest BCUT2D eigenvalue weighted by molar-refractivity contribution is 6.31. The Hall–Kier alpha value is -3.01. The van der Waals surface area contributed by atoms with Crippen molar-refractivity contribution >= 4 is 34.9 Å². The lowest BCUT2D eigenvalue weighted by Crippen LogP contribution is -2.32. The first-order chi connectivity index (χ1) is 15.5. The highest BCUT2D eigenvalue weighted by atomic mass is 35.5. The van der Waals surface area contributed by atoms with Crippen LogP contribution in [0.15, 0.2) is 41.0 Å². The quantitative estimate of drug-likeness (QED) is 0.357. The molecule has 4 N–H and O–H groups in total. The molecule has 0 radical (unpaired) electrons. The third-order valence-electron chi connectivity index (χ3n) is 4.39. The molecular formula is C21H23Cl2N5O4. The van der Waals surface area contributed by atoms with Crippen LogP contribution in [0.2, 0.25) is 10.0 Å². The molecule has 0 aliphatic rings. The molecule has 3 rings (SSSR count). The number of nitrogens with one attached hydrogen (secondary N) is 2. The van der Waals surface area contributed by atoms with Crippen molar-refractivity contribution in [3.8, 4) is 11.5 Å². The van der Waals surface area contributed by atoms with Gasteiger partial charge in [0.05, 0.1) is 6.61 Å². The number of amides is 1. The van der Waals surface area contributed by atoms with E-state index < -0.39 is 5.91 Å². The molecule has 11 heteroatoms. The zero-order valence-electron chi connectivity index (χ0n) is 17.4. The first kappa shape index (κ1) is 23.6. The minimum absolute atomic E-state index is 0.0400. The number of carbonyl (C=O) groups excluding carboxylic acids is 1. The van der Waals surface area contributed by atoms with Crippen molar-refractivity contribution < 1.29 is 18.9 Å². The minimum atomic E-state index is -0.456. The average Bonchev–Trinajstić information content (AvgIpc) is 3.21. The number of rotatable bonds is 11. The molecule has 1 amide bonds. The number of nitrogens with two attached hydrogens (primary N) is 1. The molecule has 0 saturated carbocycles. The van der Waals surface area contributed by atoms with Gasteiger partial charge >= 0.3 is 0 Å². The Morgan fingerprint density at radius 2 is 1.84 bits per heavy atom. The number of nitrogen functional groups attached to an aromatic ring is 1. The van der Waals surface area contributed by atoms with E-state index >= 15 is 0 Å². The summed E-state index contributed by atoms with van der Waals surface area (Å²) in [5.41, 5.74) is 7.14. The van der Waals surface area contributed by atoms with Crippen LogP contribution in [-0.4, -0.2) is 35.9 Å². The Morgan fingerprint density at radius 3 is 2.56 bits per heavy atom. The molecular weight excluding hydrogens is 457 g/mol. The predicted molar refractivity (Wildman–Crippen MR) is 121 cm³/mol. The molecule has 0 fully saturated rings. The first-order valence-corrected chi connectivity index (χ1v) is 10.6. The molecule has 0 bridgehead atoms. The number of hydrogen-bond donors (Lipinski definition) is 3. The number of hydrogen-bond acceptors (Lipinski definition) is 8. The Labute approximate surface area is 195 Å². The van der Waals surface area contributed by atoms with Crippen molar-refractivity contribution in [2.24, 2.45) is 0 Å². The van der Waals surface area contributed by atoms with Crippen LogP contribution in [0, 0.1) is 0 Å². The van der Waals surface area contributed by atoms with Crippen molar-refractivity contribution in [3.05, 3.63) is 63.3 Å². The number of nitrogens with zero attached hydrogens (tertiary/aromatic N) is 2. The summed E-state index contributed by atoms with van der Waals surface area (Å²) in [4.78, 5) is 11.9. The van der Waals surface area contributed by atoms with Gasteiger partial charge in [-0.25, -0.2) is 4.63 Å². The van der Waals surface area contributed by atoms with Gasteiger partial charge in [-0.1, -0.05) is 41.4 Å². The second kappa shape index (κ2) is 11.6. The van der Waals surface area contributed by atoms with Crippen molar-refractivity contribution in [1.82, 2.24) is 20.9 Å². The van der Waals surface area contributed by atoms with Gasteiger partial charge in [-0.15, -0.1) is 0 Å². The van der Waals surface area contributed by atoms with Gasteiger partial charge in [-0.05, 0) is 34.9 Å². The summed E-state index contributed by atoms with van der Waals surface area (Å²) < 4.78 is 16.1. The van der Waals surface area contributed by atoms with Crippen molar-refractivity contribution in [2.45, 2.75) is 20.1 Å². The van der Waals surface area contributed by atoms with Crippen LogP contribution in [0.3, 0.4) is 0 Å². The standard InChI is InChI=1S/C21H23Cl2N5O4/c1-2-30-17-9-14(11-25-7-8-26-21(29)19-20(24)28-32-27-19)16(23)10-18(17)31-12-13-5-3-4-6-15(13)22/h3-6,9-10,25H,2,7-8,11-12H2,1H3,(H2,24,28)(H,26,29). The van der Waals surface area contributed by atoms with E-state index in [2.05, 4.69) is 25.6 Å². The fraction of sp³-hybridized carbons (Fsp3) is 0.286. The maximum absolute atomic E-state index is 11.9. The molecule has 1 heterocycles. The van der Waals surface area contributed by atoms with Gasteiger partial charge in [0.1, 0.15) is 6.61 Å². The average molecular weight is 480 g/mol. The third-order valence-corrected chi connectivity index (χ3v) is 5.11. The Morgan fingerprint density at radius 1 is 1.06 bits per heavy atom. The summed E-state index contributed by atoms with van der Waals surface area (Å²) in [5, 5.41) is 13.9. The second-order valence-corrected chi connectivity index (χ2v) is 7.45. The molecule has 3 aromatic rings. The SMILES string of the molecule is CCOc1cc(CNCCNC(=O)c2nonc2N)c(Cl)cc1OCc1ccccc1Cl. The molecule has 1 aromatic heterocycles. The van der Waals surface area contributed by atoms with Gasteiger partial charge in [-0.3, -0.25) is 4.79 Å². The first-order valence-electron chi connectivity index (χ1n) is 9.88. The minimum Gasteiger partial charge on any atom is -0.490 e. The Balaban J connectivity index is 1.55. The molecule has 0 aliphatic carbocycles. The van der Waals surface area contributed by atoms with Crippen LogP contribution in [0.25, 0.3) is 0 Å². The number of carbonyl (C=O) groups is 1. The van der Waals surface area contributed by atoms with E-state index in [4.69, 9.17) is 38.4 Å². The van der Waals surface area contributed by atoms with Gasteiger partial charge < -0.3 is 25.8 Å². The Kier molecular flexibility index (Phi) is 8.55. The van der Waals surface area contributed by atoms with E-state index in [0.717, 1.165) is 11.1 Å². The molecule has 2 aromatic carbocycles. The summed E-state index contributed by atoms with van der Waals surface area (Å²) in [6, 6.07) is 11.0. The normalized spacial score (nSPS) is 10.7. The molecule has 0 aliphatic heterocycles. The van der Waals surface area contributed by atoms with Crippen molar-refractivity contribution in [1.29, 1.82) is 0 Å². The van der Waals surface area contributed by atoms with E-state index in [-0.39, 0.29) is 11.5 Å². The zero-order valence-corrected chi connectivity index (χ0v) is 18.9. The van der Waals surface area contributed by atoms with Gasteiger partial charge in [0.15, 0.2) is 11.5 Å². The molecule has 0 atom stereocenters. The molecule has 170 valence electrons. The van der Waals surface area contributed by atoms with Crippen LogP contribution in [-0.2, 0) is 13.2 Å². The van der Waals surface area contributed by atoms with Crippen LogP contribution in [0.4, 0.5) is 5.82 Å². The largest absolute Gasteiger partial charge is 0.490 e. The molecule has 0 unspecified atom stereocenters. The number of anilines is 1. The number of halogens is 2.